The van der Waals surface area contributed by atoms with Crippen molar-refractivity contribution in [3.63, 3.8) is 0 Å². The van der Waals surface area contributed by atoms with Crippen LogP contribution in [0.2, 0.25) is 0 Å². The summed E-state index contributed by atoms with van der Waals surface area (Å²) in [5.41, 5.74) is 5.75. The second kappa shape index (κ2) is 4.05. The number of carbonyl (C=O) groups is 1. The average Bonchev–Trinajstić information content (AvgIpc) is 2.26. The number of carbonyl (C=O) groups excluding carboxylic acids is 1. The number of ether oxygens (including phenoxy) is 1. The molecule has 0 spiro atoms. The van der Waals surface area contributed by atoms with Gasteiger partial charge in [-0.1, -0.05) is 12.1 Å². The maximum atomic E-state index is 12.1. The van der Waals surface area contributed by atoms with Crippen molar-refractivity contribution in [2.24, 2.45) is 5.73 Å². The van der Waals surface area contributed by atoms with Crippen LogP contribution in [0.3, 0.4) is 0 Å². The molecule has 86 valence electrons. The molecule has 0 aromatic heterocycles. The van der Waals surface area contributed by atoms with Crippen LogP contribution in [-0.2, 0) is 4.79 Å². The van der Waals surface area contributed by atoms with Crippen molar-refractivity contribution in [1.29, 1.82) is 0 Å². The summed E-state index contributed by atoms with van der Waals surface area (Å²) in [4.78, 5) is 12.7. The SMILES string of the molecule is NC1CN(c2ccccc2OC(F)F)C1=O. The third kappa shape index (κ3) is 1.83. The quantitative estimate of drug-likeness (QED) is 0.784. The zero-order valence-corrected chi connectivity index (χ0v) is 8.27. The number of benzene rings is 1. The van der Waals surface area contributed by atoms with Crippen molar-refractivity contribution >= 4 is 11.6 Å². The van der Waals surface area contributed by atoms with E-state index in [1.165, 1.54) is 11.0 Å². The van der Waals surface area contributed by atoms with Gasteiger partial charge in [0.2, 0.25) is 5.91 Å². The minimum absolute atomic E-state index is 0.0160. The summed E-state index contributed by atoms with van der Waals surface area (Å²) < 4.78 is 28.5. The number of nitrogens with two attached hydrogens (primary N) is 1. The van der Waals surface area contributed by atoms with Gasteiger partial charge in [-0.05, 0) is 12.1 Å². The standard InChI is InChI=1S/C10H10F2N2O2/c11-10(12)16-8-4-2-1-3-7(8)14-5-6(13)9(14)15/h1-4,6,10H,5,13H2. The van der Waals surface area contributed by atoms with Crippen LogP contribution in [0.25, 0.3) is 0 Å². The maximum Gasteiger partial charge on any atom is 0.387 e. The molecule has 1 aromatic rings. The van der Waals surface area contributed by atoms with Crippen molar-refractivity contribution in [3.05, 3.63) is 24.3 Å². The van der Waals surface area contributed by atoms with Crippen molar-refractivity contribution < 1.29 is 18.3 Å². The molecule has 1 aliphatic rings. The molecule has 1 aromatic carbocycles. The molecule has 1 amide bonds. The first-order valence-electron chi connectivity index (χ1n) is 4.70. The highest BCUT2D eigenvalue weighted by molar-refractivity contribution is 6.04. The first-order chi connectivity index (χ1) is 7.59. The molecule has 0 aliphatic carbocycles. The minimum atomic E-state index is -2.91. The predicted octanol–water partition coefficient (Wildman–Crippen LogP) is 0.962. The molecule has 0 radical (unpaired) electrons. The Balaban J connectivity index is 2.23. The second-order valence-corrected chi connectivity index (χ2v) is 3.40. The van der Waals surface area contributed by atoms with Crippen LogP contribution in [0.15, 0.2) is 24.3 Å². The van der Waals surface area contributed by atoms with E-state index in [1.807, 2.05) is 0 Å². The fraction of sp³-hybridized carbons (Fsp3) is 0.300. The lowest BCUT2D eigenvalue weighted by atomic mass is 10.1. The molecule has 1 unspecified atom stereocenters. The van der Waals surface area contributed by atoms with E-state index in [0.29, 0.717) is 12.2 Å². The number of rotatable bonds is 3. The molecular weight excluding hydrogens is 218 g/mol. The third-order valence-electron chi connectivity index (χ3n) is 2.33. The molecule has 1 fully saturated rings. The number of alkyl halides is 2. The summed E-state index contributed by atoms with van der Waals surface area (Å²) in [6.07, 6.45) is 0. The summed E-state index contributed by atoms with van der Waals surface area (Å²) in [7, 11) is 0. The van der Waals surface area contributed by atoms with Crippen LogP contribution in [0.5, 0.6) is 5.75 Å². The van der Waals surface area contributed by atoms with Crippen LogP contribution in [0.4, 0.5) is 14.5 Å². The van der Waals surface area contributed by atoms with Crippen LogP contribution >= 0.6 is 0 Å². The molecule has 0 saturated carbocycles. The minimum Gasteiger partial charge on any atom is -0.433 e. The smallest absolute Gasteiger partial charge is 0.387 e. The third-order valence-corrected chi connectivity index (χ3v) is 2.33. The van der Waals surface area contributed by atoms with Gasteiger partial charge < -0.3 is 15.4 Å². The normalized spacial score (nSPS) is 19.9. The van der Waals surface area contributed by atoms with Crippen molar-refractivity contribution in [2.45, 2.75) is 12.7 Å². The lowest BCUT2D eigenvalue weighted by Gasteiger charge is -2.36. The zero-order chi connectivity index (χ0) is 11.7. The van der Waals surface area contributed by atoms with E-state index in [-0.39, 0.29) is 11.7 Å². The Hall–Kier alpha value is -1.69. The van der Waals surface area contributed by atoms with Crippen LogP contribution in [0, 0.1) is 0 Å². The largest absolute Gasteiger partial charge is 0.433 e. The van der Waals surface area contributed by atoms with E-state index in [4.69, 9.17) is 5.73 Å². The Morgan fingerprint density at radius 1 is 1.44 bits per heavy atom. The van der Waals surface area contributed by atoms with Gasteiger partial charge in [0.25, 0.3) is 0 Å². The van der Waals surface area contributed by atoms with Gasteiger partial charge in [-0.2, -0.15) is 8.78 Å². The number of para-hydroxylation sites is 2. The number of halogens is 2. The highest BCUT2D eigenvalue weighted by Gasteiger charge is 2.36. The molecule has 6 heteroatoms. The van der Waals surface area contributed by atoms with Crippen molar-refractivity contribution in [1.82, 2.24) is 0 Å². The Morgan fingerprint density at radius 2 is 2.12 bits per heavy atom. The highest BCUT2D eigenvalue weighted by Crippen LogP contribution is 2.32. The summed E-state index contributed by atoms with van der Waals surface area (Å²) in [5.74, 6) is -0.303. The molecule has 0 bridgehead atoms. The Morgan fingerprint density at radius 3 is 2.69 bits per heavy atom. The van der Waals surface area contributed by atoms with Crippen molar-refractivity contribution in [2.75, 3.05) is 11.4 Å². The van der Waals surface area contributed by atoms with Gasteiger partial charge in [0.15, 0.2) is 0 Å². The Labute approximate surface area is 90.6 Å². The molecule has 1 heterocycles. The molecule has 16 heavy (non-hydrogen) atoms. The molecule has 1 saturated heterocycles. The van der Waals surface area contributed by atoms with E-state index in [0.717, 1.165) is 0 Å². The van der Waals surface area contributed by atoms with Gasteiger partial charge in [0, 0.05) is 0 Å². The number of hydrogen-bond donors (Lipinski definition) is 1. The van der Waals surface area contributed by atoms with Crippen LogP contribution < -0.4 is 15.4 Å². The van der Waals surface area contributed by atoms with E-state index in [1.54, 1.807) is 18.2 Å². The topological polar surface area (TPSA) is 55.6 Å². The van der Waals surface area contributed by atoms with E-state index >= 15 is 0 Å². The maximum absolute atomic E-state index is 12.1. The Bertz CT molecular complexity index is 412. The Kier molecular flexibility index (Phi) is 2.74. The van der Waals surface area contributed by atoms with E-state index in [2.05, 4.69) is 4.74 Å². The molecule has 1 atom stereocenters. The number of anilines is 1. The first-order valence-corrected chi connectivity index (χ1v) is 4.70. The first kappa shape index (κ1) is 10.8. The van der Waals surface area contributed by atoms with Gasteiger partial charge in [0.05, 0.1) is 12.2 Å². The van der Waals surface area contributed by atoms with E-state index in [9.17, 15) is 13.6 Å². The van der Waals surface area contributed by atoms with Gasteiger partial charge in [0.1, 0.15) is 11.8 Å². The lowest BCUT2D eigenvalue weighted by Crippen LogP contribution is -2.61. The summed E-state index contributed by atoms with van der Waals surface area (Å²) in [6.45, 7) is -2.59. The van der Waals surface area contributed by atoms with E-state index < -0.39 is 12.7 Å². The van der Waals surface area contributed by atoms with Gasteiger partial charge >= 0.3 is 6.61 Å². The summed E-state index contributed by atoms with van der Waals surface area (Å²) in [6, 6.07) is 5.59. The summed E-state index contributed by atoms with van der Waals surface area (Å²) in [5, 5.41) is 0. The number of hydrogen-bond acceptors (Lipinski definition) is 3. The zero-order valence-electron chi connectivity index (χ0n) is 8.27. The molecular formula is C10H10F2N2O2. The predicted molar refractivity (Wildman–Crippen MR) is 53.4 cm³/mol. The second-order valence-electron chi connectivity index (χ2n) is 3.40. The average molecular weight is 228 g/mol. The molecule has 2 N–H and O–H groups in total. The highest BCUT2D eigenvalue weighted by atomic mass is 19.3. The number of nitrogens with zero attached hydrogens (tertiary/aromatic N) is 1. The fourth-order valence-corrected chi connectivity index (χ4v) is 1.55. The monoisotopic (exact) mass is 228 g/mol. The lowest BCUT2D eigenvalue weighted by molar-refractivity contribution is -0.123. The van der Waals surface area contributed by atoms with Gasteiger partial charge in [-0.15, -0.1) is 0 Å². The fourth-order valence-electron chi connectivity index (χ4n) is 1.55. The van der Waals surface area contributed by atoms with Crippen molar-refractivity contribution in [3.8, 4) is 5.75 Å². The summed E-state index contributed by atoms with van der Waals surface area (Å²) >= 11 is 0. The van der Waals surface area contributed by atoms with Crippen LogP contribution in [-0.4, -0.2) is 25.1 Å². The number of β-lactam (4-membered cyclic amide) rings is 1. The molecule has 4 nitrogen and oxygen atoms in total. The van der Waals surface area contributed by atoms with Gasteiger partial charge in [-0.3, -0.25) is 4.79 Å². The molecule has 1 aliphatic heterocycles. The number of amides is 1. The van der Waals surface area contributed by atoms with Gasteiger partial charge in [-0.25, -0.2) is 0 Å². The van der Waals surface area contributed by atoms with Crippen LogP contribution in [0.1, 0.15) is 0 Å². The molecule has 2 rings (SSSR count).